The molecule has 4 heterocycles. The Balaban J connectivity index is 1.17. The molecule has 2 amide bonds. The van der Waals surface area contributed by atoms with Gasteiger partial charge < -0.3 is 24.7 Å². The largest absolute Gasteiger partial charge is 0.481 e. The number of ether oxygens (including phenoxy) is 2. The first kappa shape index (κ1) is 31.8. The molecule has 48 heavy (non-hydrogen) atoms. The van der Waals surface area contributed by atoms with E-state index in [9.17, 15) is 19.2 Å². The second kappa shape index (κ2) is 12.0. The van der Waals surface area contributed by atoms with Crippen molar-refractivity contribution in [3.05, 3.63) is 96.8 Å². The molecule has 1 unspecified atom stereocenters. The van der Waals surface area contributed by atoms with Gasteiger partial charge in [0.15, 0.2) is 0 Å². The molecule has 2 aliphatic heterocycles. The highest BCUT2D eigenvalue weighted by molar-refractivity contribution is 6.36. The molecule has 2 saturated heterocycles. The summed E-state index contributed by atoms with van der Waals surface area (Å²) in [6.45, 7) is 3.92. The first-order valence-corrected chi connectivity index (χ1v) is 16.1. The summed E-state index contributed by atoms with van der Waals surface area (Å²) < 4.78 is 13.5. The van der Waals surface area contributed by atoms with Gasteiger partial charge in [-0.25, -0.2) is 9.78 Å². The molecule has 12 nitrogen and oxygen atoms in total. The Labute approximate surface area is 281 Å². The van der Waals surface area contributed by atoms with Crippen LogP contribution in [0, 0.1) is 6.92 Å². The molecule has 0 saturated carbocycles. The van der Waals surface area contributed by atoms with Gasteiger partial charge in [0.25, 0.3) is 11.5 Å². The normalized spacial score (nSPS) is 18.3. The van der Waals surface area contributed by atoms with Crippen molar-refractivity contribution in [2.24, 2.45) is 14.1 Å². The topological polar surface area (TPSA) is 137 Å². The van der Waals surface area contributed by atoms with Gasteiger partial charge in [-0.1, -0.05) is 41.9 Å². The van der Waals surface area contributed by atoms with Crippen molar-refractivity contribution in [3.8, 4) is 28.3 Å². The van der Waals surface area contributed by atoms with E-state index in [-0.39, 0.29) is 29.7 Å². The molecule has 2 N–H and O–H groups in total. The van der Waals surface area contributed by atoms with Crippen molar-refractivity contribution < 1.29 is 19.1 Å². The number of aryl methyl sites for hydroxylation is 2. The minimum absolute atomic E-state index is 0.0733. The molecule has 1 spiro atoms. The maximum Gasteiger partial charge on any atom is 0.330 e. The minimum atomic E-state index is -0.676. The van der Waals surface area contributed by atoms with Crippen molar-refractivity contribution in [2.75, 3.05) is 38.7 Å². The highest BCUT2D eigenvalue weighted by Crippen LogP contribution is 2.47. The maximum absolute atomic E-state index is 13.2. The van der Waals surface area contributed by atoms with Crippen LogP contribution in [-0.2, 0) is 30.0 Å². The van der Waals surface area contributed by atoms with Crippen LogP contribution >= 0.6 is 11.6 Å². The van der Waals surface area contributed by atoms with Crippen LogP contribution in [0.25, 0.3) is 22.4 Å². The molecule has 13 heteroatoms. The average Bonchev–Trinajstić information content (AvgIpc) is 3.49. The Morgan fingerprint density at radius 1 is 1.10 bits per heavy atom. The lowest BCUT2D eigenvalue weighted by Crippen LogP contribution is -2.74. The molecule has 0 radical (unpaired) electrons. The summed E-state index contributed by atoms with van der Waals surface area (Å²) in [5, 5.41) is 6.44. The molecule has 1 atom stereocenters. The van der Waals surface area contributed by atoms with Crippen LogP contribution in [-0.4, -0.2) is 69.8 Å². The van der Waals surface area contributed by atoms with Crippen LogP contribution in [0.3, 0.4) is 0 Å². The molecule has 3 aliphatic rings. The third-order valence-electron chi connectivity index (χ3n) is 9.63. The van der Waals surface area contributed by atoms with E-state index in [2.05, 4.69) is 21.6 Å². The molecule has 4 aromatic rings. The van der Waals surface area contributed by atoms with Gasteiger partial charge in [0.1, 0.15) is 12.2 Å². The fraction of sp³-hybridized carbons (Fsp3) is 0.343. The van der Waals surface area contributed by atoms with E-state index in [0.717, 1.165) is 50.8 Å². The number of morpholine rings is 1. The summed E-state index contributed by atoms with van der Waals surface area (Å²) >= 11 is 7.13. The second-order valence-electron chi connectivity index (χ2n) is 12.8. The number of pyridine rings is 1. The Bertz CT molecular complexity index is 2120. The number of rotatable bonds is 6. The average molecular weight is 671 g/mol. The van der Waals surface area contributed by atoms with Crippen LogP contribution in [0.15, 0.2) is 58.3 Å². The Morgan fingerprint density at radius 2 is 1.83 bits per heavy atom. The summed E-state index contributed by atoms with van der Waals surface area (Å²) in [5.74, 6) is -0.137. The van der Waals surface area contributed by atoms with Gasteiger partial charge in [-0.05, 0) is 48.6 Å². The number of carbonyl (C=O) groups excluding carboxylic acids is 2. The Kier molecular flexibility index (Phi) is 7.97. The maximum atomic E-state index is 13.2. The first-order valence-electron chi connectivity index (χ1n) is 15.7. The van der Waals surface area contributed by atoms with E-state index in [0.29, 0.717) is 42.0 Å². The van der Waals surface area contributed by atoms with E-state index >= 15 is 0 Å². The molecule has 2 aromatic carbocycles. The summed E-state index contributed by atoms with van der Waals surface area (Å²) in [6, 6.07) is 13.4. The Morgan fingerprint density at radius 3 is 2.58 bits per heavy atom. The lowest BCUT2D eigenvalue weighted by Gasteiger charge is -2.54. The van der Waals surface area contributed by atoms with E-state index < -0.39 is 17.2 Å². The molecule has 2 aromatic heterocycles. The fourth-order valence-corrected chi connectivity index (χ4v) is 7.55. The zero-order valence-corrected chi connectivity index (χ0v) is 27.8. The van der Waals surface area contributed by atoms with Gasteiger partial charge in [0.05, 0.1) is 30.0 Å². The zero-order chi connectivity index (χ0) is 33.9. The van der Waals surface area contributed by atoms with Gasteiger partial charge >= 0.3 is 5.69 Å². The van der Waals surface area contributed by atoms with E-state index in [1.165, 1.54) is 24.9 Å². The van der Waals surface area contributed by atoms with Crippen molar-refractivity contribution in [3.63, 3.8) is 0 Å². The number of nitrogens with zero attached hydrogens (tertiary/aromatic N) is 4. The SMILES string of the molecule is COc1nc(-c2cccc(-c3cccc(NC(=O)c4cn(C)c(=O)n(C)c4=O)c3C)c2Cl)cc2c1C(N1CC3(COCC(=O)N3)C1)CC2. The van der Waals surface area contributed by atoms with Gasteiger partial charge in [-0.15, -0.1) is 0 Å². The highest BCUT2D eigenvalue weighted by Gasteiger charge is 2.50. The van der Waals surface area contributed by atoms with Gasteiger partial charge in [0.2, 0.25) is 11.8 Å². The van der Waals surface area contributed by atoms with Crippen molar-refractivity contribution in [1.29, 1.82) is 0 Å². The summed E-state index contributed by atoms with van der Waals surface area (Å²) in [6.07, 6.45) is 3.01. The third kappa shape index (κ3) is 5.29. The number of hydrogen-bond donors (Lipinski definition) is 2. The molecular weight excluding hydrogens is 636 g/mol. The molecule has 0 bridgehead atoms. The fourth-order valence-electron chi connectivity index (χ4n) is 7.22. The monoisotopic (exact) mass is 670 g/mol. The van der Waals surface area contributed by atoms with Crippen LogP contribution in [0.4, 0.5) is 5.69 Å². The van der Waals surface area contributed by atoms with Crippen molar-refractivity contribution >= 4 is 29.1 Å². The third-order valence-corrected chi connectivity index (χ3v) is 10.0. The lowest BCUT2D eigenvalue weighted by molar-refractivity contribution is -0.145. The van der Waals surface area contributed by atoms with Crippen molar-refractivity contribution in [2.45, 2.75) is 31.3 Å². The number of halogens is 1. The predicted octanol–water partition coefficient (Wildman–Crippen LogP) is 3.22. The number of nitrogens with one attached hydrogen (secondary N) is 2. The van der Waals surface area contributed by atoms with Gasteiger partial charge in [-0.3, -0.25) is 23.9 Å². The summed E-state index contributed by atoms with van der Waals surface area (Å²) in [7, 11) is 4.45. The lowest BCUT2D eigenvalue weighted by atomic mass is 9.87. The van der Waals surface area contributed by atoms with E-state index in [4.69, 9.17) is 26.1 Å². The minimum Gasteiger partial charge on any atom is -0.481 e. The number of methoxy groups -OCH3 is 1. The molecule has 248 valence electrons. The number of hydrogen-bond acceptors (Lipinski definition) is 8. The number of likely N-dealkylation sites (tertiary alicyclic amines) is 1. The van der Waals surface area contributed by atoms with Crippen molar-refractivity contribution in [1.82, 2.24) is 24.3 Å². The standard InChI is InChI=1S/C35H35ClN6O6/c1-19-21(7-6-10-25(19)37-31(44)24-14-40(2)34(46)41(3)33(24)45)22-8-5-9-23(30(22)36)26-13-20-11-12-27(29(20)32(38-26)47-4)42-16-35(17-42)18-48-15-28(43)39-35/h5-10,13-14,27H,11-12,15-18H2,1-4H3,(H,37,44)(H,39,43). The summed E-state index contributed by atoms with van der Waals surface area (Å²) in [4.78, 5) is 57.2. The molecule has 7 rings (SSSR count). The number of carbonyl (C=O) groups is 2. The second-order valence-corrected chi connectivity index (χ2v) is 13.1. The number of benzene rings is 2. The number of amides is 2. The first-order chi connectivity index (χ1) is 23.0. The van der Waals surface area contributed by atoms with Gasteiger partial charge in [0, 0.05) is 61.8 Å². The van der Waals surface area contributed by atoms with Crippen LogP contribution in [0.2, 0.25) is 5.02 Å². The highest BCUT2D eigenvalue weighted by atomic mass is 35.5. The van der Waals surface area contributed by atoms with Gasteiger partial charge in [-0.2, -0.15) is 0 Å². The number of fused-ring (bicyclic) bond motifs is 1. The smallest absolute Gasteiger partial charge is 0.330 e. The summed E-state index contributed by atoms with van der Waals surface area (Å²) in [5.41, 5.74) is 4.79. The molecule has 1 aliphatic carbocycles. The van der Waals surface area contributed by atoms with Crippen LogP contribution < -0.4 is 26.6 Å². The quantitative estimate of drug-likeness (QED) is 0.319. The van der Waals surface area contributed by atoms with E-state index in [1.54, 1.807) is 19.2 Å². The Hall–Kier alpha value is -4.78. The predicted molar refractivity (Wildman–Crippen MR) is 181 cm³/mol. The molecule has 2 fully saturated rings. The number of aromatic nitrogens is 3. The van der Waals surface area contributed by atoms with Crippen LogP contribution in [0.5, 0.6) is 5.88 Å². The number of anilines is 1. The molecular formula is C35H35ClN6O6. The zero-order valence-electron chi connectivity index (χ0n) is 27.1. The van der Waals surface area contributed by atoms with E-state index in [1.807, 2.05) is 31.2 Å². The van der Waals surface area contributed by atoms with Crippen LogP contribution in [0.1, 0.15) is 39.5 Å².